The van der Waals surface area contributed by atoms with Gasteiger partial charge in [-0.2, -0.15) is 5.10 Å². The zero-order chi connectivity index (χ0) is 6.57. The molecule has 4 heteroatoms. The first-order valence-corrected chi connectivity index (χ1v) is 2.16. The lowest BCUT2D eigenvalue weighted by atomic mass is 10.7. The molecule has 0 saturated heterocycles. The zero-order valence-corrected chi connectivity index (χ0v) is 4.83. The number of nitrogens with zero attached hydrogens (tertiary/aromatic N) is 2. The summed E-state index contributed by atoms with van der Waals surface area (Å²) in [5.74, 6) is -0.497. The van der Waals surface area contributed by atoms with E-state index in [4.69, 9.17) is 5.21 Å². The Morgan fingerprint density at radius 2 is 2.38 bits per heavy atom. The van der Waals surface area contributed by atoms with E-state index < -0.39 is 5.91 Å². The van der Waals surface area contributed by atoms with Crippen molar-refractivity contribution in [2.24, 2.45) is 5.10 Å². The molecule has 0 radical (unpaired) electrons. The van der Waals surface area contributed by atoms with Crippen molar-refractivity contribution < 1.29 is 10.0 Å². The molecule has 0 aliphatic rings. The first kappa shape index (κ1) is 7.10. The number of carbonyl (C=O) groups is 1. The Kier molecular flexibility index (Phi) is 2.79. The molecule has 8 heavy (non-hydrogen) atoms. The highest BCUT2D eigenvalue weighted by molar-refractivity contribution is 5.72. The van der Waals surface area contributed by atoms with Gasteiger partial charge >= 0.3 is 0 Å². The fourth-order valence-electron chi connectivity index (χ4n) is 0.191. The van der Waals surface area contributed by atoms with Crippen LogP contribution >= 0.6 is 0 Å². The van der Waals surface area contributed by atoms with Crippen molar-refractivity contribution in [2.75, 3.05) is 0 Å². The maximum absolute atomic E-state index is 10.1. The first-order chi connectivity index (χ1) is 3.68. The van der Waals surface area contributed by atoms with Crippen molar-refractivity contribution in [1.29, 1.82) is 0 Å². The average Bonchev–Trinajstić information content (AvgIpc) is 1.67. The third-order valence-electron chi connectivity index (χ3n) is 0.506. The number of hydrogen-bond acceptors (Lipinski definition) is 3. The summed E-state index contributed by atoms with van der Waals surface area (Å²) in [5.41, 5.74) is 0. The van der Waals surface area contributed by atoms with Gasteiger partial charge in [0.2, 0.25) is 0 Å². The molecule has 0 atom stereocenters. The van der Waals surface area contributed by atoms with E-state index in [1.54, 1.807) is 6.92 Å². The lowest BCUT2D eigenvalue weighted by Crippen LogP contribution is -2.17. The van der Waals surface area contributed by atoms with Crippen molar-refractivity contribution in [3.63, 3.8) is 0 Å². The molecule has 1 N–H and O–H groups in total. The van der Waals surface area contributed by atoms with E-state index in [1.807, 2.05) is 0 Å². The smallest absolute Gasteiger partial charge is 0.265 e. The number of hydrazone groups is 1. The topological polar surface area (TPSA) is 52.9 Å². The van der Waals surface area contributed by atoms with Crippen LogP contribution in [-0.4, -0.2) is 22.5 Å². The van der Waals surface area contributed by atoms with E-state index >= 15 is 0 Å². The van der Waals surface area contributed by atoms with Gasteiger partial charge in [-0.3, -0.25) is 10.0 Å². The Morgan fingerprint density at radius 3 is 2.50 bits per heavy atom. The molecule has 0 spiro atoms. The standard InChI is InChI=1S/C4H8N2O2/c1-3-5-6(8)4(2)7/h3,8H,1-2H3/b5-3-. The number of rotatable bonds is 1. The normalized spacial score (nSPS) is 9.88. The van der Waals surface area contributed by atoms with Crippen LogP contribution in [0.1, 0.15) is 13.8 Å². The molecule has 0 unspecified atom stereocenters. The van der Waals surface area contributed by atoms with Crippen LogP contribution in [0.3, 0.4) is 0 Å². The Bertz CT molecular complexity index is 111. The van der Waals surface area contributed by atoms with Gasteiger partial charge in [0.25, 0.3) is 5.91 Å². The fraction of sp³-hybridized carbons (Fsp3) is 0.500. The Hall–Kier alpha value is -0.900. The van der Waals surface area contributed by atoms with Crippen molar-refractivity contribution >= 4 is 12.1 Å². The van der Waals surface area contributed by atoms with Gasteiger partial charge in [-0.05, 0) is 6.92 Å². The minimum absolute atomic E-state index is 0.278. The van der Waals surface area contributed by atoms with Crippen LogP contribution in [0.4, 0.5) is 0 Å². The maximum atomic E-state index is 10.1. The van der Waals surface area contributed by atoms with Gasteiger partial charge in [-0.1, -0.05) is 0 Å². The SMILES string of the molecule is C/C=N\N(O)C(C)=O. The summed E-state index contributed by atoms with van der Waals surface area (Å²) in [6.07, 6.45) is 1.32. The third-order valence-corrected chi connectivity index (χ3v) is 0.506. The number of carbonyl (C=O) groups excluding carboxylic acids is 1. The van der Waals surface area contributed by atoms with Gasteiger partial charge < -0.3 is 0 Å². The number of hydroxylamine groups is 1. The maximum Gasteiger partial charge on any atom is 0.265 e. The van der Waals surface area contributed by atoms with Gasteiger partial charge in [0.1, 0.15) is 0 Å². The van der Waals surface area contributed by atoms with E-state index in [0.717, 1.165) is 0 Å². The highest BCUT2D eigenvalue weighted by atomic mass is 16.5. The van der Waals surface area contributed by atoms with Crippen LogP contribution in [0.25, 0.3) is 0 Å². The Morgan fingerprint density at radius 1 is 1.88 bits per heavy atom. The number of amides is 1. The second-order valence-corrected chi connectivity index (χ2v) is 1.18. The highest BCUT2D eigenvalue weighted by Gasteiger charge is 1.96. The molecular formula is C4H8N2O2. The van der Waals surface area contributed by atoms with Crippen molar-refractivity contribution in [3.05, 3.63) is 0 Å². The third kappa shape index (κ3) is 2.30. The van der Waals surface area contributed by atoms with E-state index in [-0.39, 0.29) is 5.17 Å². The van der Waals surface area contributed by atoms with E-state index in [2.05, 4.69) is 5.10 Å². The predicted molar refractivity (Wildman–Crippen MR) is 28.5 cm³/mol. The second kappa shape index (κ2) is 3.15. The molecule has 1 amide bonds. The van der Waals surface area contributed by atoms with Crippen LogP contribution in [0.15, 0.2) is 5.10 Å². The lowest BCUT2D eigenvalue weighted by molar-refractivity contribution is -0.162. The van der Waals surface area contributed by atoms with E-state index in [9.17, 15) is 4.79 Å². The van der Waals surface area contributed by atoms with Crippen LogP contribution < -0.4 is 0 Å². The molecule has 0 aromatic heterocycles. The predicted octanol–water partition coefficient (Wildman–Crippen LogP) is 0.230. The molecule has 4 nitrogen and oxygen atoms in total. The van der Waals surface area contributed by atoms with Crippen molar-refractivity contribution in [3.8, 4) is 0 Å². The van der Waals surface area contributed by atoms with Crippen molar-refractivity contribution in [1.82, 2.24) is 5.17 Å². The van der Waals surface area contributed by atoms with E-state index in [0.29, 0.717) is 0 Å². The molecule has 0 aliphatic carbocycles. The van der Waals surface area contributed by atoms with Gasteiger partial charge in [-0.25, -0.2) is 0 Å². The highest BCUT2D eigenvalue weighted by Crippen LogP contribution is 1.79. The lowest BCUT2D eigenvalue weighted by Gasteiger charge is -2.01. The molecule has 0 aromatic carbocycles. The average molecular weight is 116 g/mol. The molecule has 0 heterocycles. The van der Waals surface area contributed by atoms with Gasteiger partial charge in [0.05, 0.1) is 0 Å². The molecular weight excluding hydrogens is 108 g/mol. The molecule has 0 saturated carbocycles. The summed E-state index contributed by atoms with van der Waals surface area (Å²) < 4.78 is 0. The largest absolute Gasteiger partial charge is 0.271 e. The quantitative estimate of drug-likeness (QED) is 0.303. The molecule has 0 bridgehead atoms. The summed E-state index contributed by atoms with van der Waals surface area (Å²) >= 11 is 0. The van der Waals surface area contributed by atoms with Gasteiger partial charge in [-0.15, -0.1) is 5.17 Å². The summed E-state index contributed by atoms with van der Waals surface area (Å²) in [6, 6.07) is 0. The van der Waals surface area contributed by atoms with Crippen LogP contribution in [0.5, 0.6) is 0 Å². The summed E-state index contributed by atoms with van der Waals surface area (Å²) in [4.78, 5) is 10.1. The second-order valence-electron chi connectivity index (χ2n) is 1.18. The summed E-state index contributed by atoms with van der Waals surface area (Å²) in [5, 5.41) is 11.9. The van der Waals surface area contributed by atoms with Crippen LogP contribution in [0, 0.1) is 0 Å². The van der Waals surface area contributed by atoms with Crippen molar-refractivity contribution in [2.45, 2.75) is 13.8 Å². The molecule has 0 aliphatic heterocycles. The minimum Gasteiger partial charge on any atom is -0.271 e. The van der Waals surface area contributed by atoms with Crippen LogP contribution in [0.2, 0.25) is 0 Å². The van der Waals surface area contributed by atoms with E-state index in [1.165, 1.54) is 13.1 Å². The molecule has 0 rings (SSSR count). The van der Waals surface area contributed by atoms with Gasteiger partial charge in [0.15, 0.2) is 0 Å². The summed E-state index contributed by atoms with van der Waals surface area (Å²) in [6.45, 7) is 2.82. The Labute approximate surface area is 47.4 Å². The Balaban J connectivity index is 3.64. The zero-order valence-electron chi connectivity index (χ0n) is 4.83. The van der Waals surface area contributed by atoms with Gasteiger partial charge in [0, 0.05) is 13.1 Å². The number of hydrogen-bond donors (Lipinski definition) is 1. The van der Waals surface area contributed by atoms with Crippen LogP contribution in [-0.2, 0) is 4.79 Å². The molecule has 46 valence electrons. The minimum atomic E-state index is -0.497. The summed E-state index contributed by atoms with van der Waals surface area (Å²) in [7, 11) is 0. The molecule has 0 aromatic rings. The molecule has 0 fully saturated rings. The monoisotopic (exact) mass is 116 g/mol. The first-order valence-electron chi connectivity index (χ1n) is 2.16. The fourth-order valence-corrected chi connectivity index (χ4v) is 0.191.